The van der Waals surface area contributed by atoms with Gasteiger partial charge in [-0.25, -0.2) is 9.48 Å². The Kier molecular flexibility index (Phi) is 9.37. The summed E-state index contributed by atoms with van der Waals surface area (Å²) in [5.74, 6) is 2.75. The third-order valence-corrected chi connectivity index (χ3v) is 9.58. The van der Waals surface area contributed by atoms with Gasteiger partial charge in [-0.15, -0.1) is 10.2 Å². The van der Waals surface area contributed by atoms with Crippen molar-refractivity contribution in [3.8, 4) is 17.2 Å². The number of carbonyl (C=O) groups is 1. The molecule has 1 fully saturated rings. The molecule has 2 amide bonds. The third kappa shape index (κ3) is 6.98. The van der Waals surface area contributed by atoms with Crippen molar-refractivity contribution in [2.45, 2.75) is 83.4 Å². The van der Waals surface area contributed by atoms with Crippen LogP contribution in [-0.2, 0) is 5.41 Å². The topological polar surface area (TPSA) is 131 Å². The highest BCUT2D eigenvalue weighted by molar-refractivity contribution is 5.89. The summed E-state index contributed by atoms with van der Waals surface area (Å²) in [6.45, 7) is 9.58. The molecule has 3 atom stereocenters. The first-order valence-corrected chi connectivity index (χ1v) is 17.6. The molecule has 0 spiro atoms. The Morgan fingerprint density at radius 2 is 1.80 bits per heavy atom. The molecule has 12 nitrogen and oxygen atoms in total. The maximum Gasteiger partial charge on any atom is 0.320 e. The average Bonchev–Trinajstić information content (AvgIpc) is 3.73. The van der Waals surface area contributed by atoms with E-state index >= 15 is 0 Å². The van der Waals surface area contributed by atoms with Crippen LogP contribution >= 0.6 is 0 Å². The molecular weight excluding hydrogens is 632 g/mol. The smallest absolute Gasteiger partial charge is 0.320 e. The number of benzene rings is 2. The first kappa shape index (κ1) is 33.4. The minimum atomic E-state index is -0.323. The Balaban J connectivity index is 1.08. The minimum Gasteiger partial charge on any atom is -0.491 e. The van der Waals surface area contributed by atoms with Gasteiger partial charge < -0.3 is 24.8 Å². The molecule has 3 N–H and O–H groups in total. The van der Waals surface area contributed by atoms with Crippen LogP contribution in [0.15, 0.2) is 72.9 Å². The fourth-order valence-electron chi connectivity index (χ4n) is 6.92. The van der Waals surface area contributed by atoms with E-state index in [0.29, 0.717) is 24.0 Å². The molecule has 1 aliphatic heterocycles. The van der Waals surface area contributed by atoms with Crippen molar-refractivity contribution in [1.82, 2.24) is 29.7 Å². The monoisotopic (exact) mass is 678 g/mol. The number of hydrogen-bond acceptors (Lipinski definition) is 8. The molecular formula is C38H46N8O4. The zero-order valence-electron chi connectivity index (χ0n) is 29.2. The molecule has 0 bridgehead atoms. The molecule has 1 saturated heterocycles. The number of aliphatic hydroxyl groups is 1. The van der Waals surface area contributed by atoms with Crippen LogP contribution in [0, 0.1) is 0 Å². The van der Waals surface area contributed by atoms with E-state index in [0.717, 1.165) is 65.7 Å². The van der Waals surface area contributed by atoms with Gasteiger partial charge in [-0.1, -0.05) is 51.1 Å². The molecule has 262 valence electrons. The highest BCUT2D eigenvalue weighted by Gasteiger charge is 2.31. The van der Waals surface area contributed by atoms with Crippen molar-refractivity contribution in [2.24, 2.45) is 0 Å². The first-order chi connectivity index (χ1) is 24.2. The predicted octanol–water partition coefficient (Wildman–Crippen LogP) is 6.74. The quantitative estimate of drug-likeness (QED) is 0.156. The lowest BCUT2D eigenvalue weighted by Crippen LogP contribution is -2.38. The van der Waals surface area contributed by atoms with E-state index in [1.807, 2.05) is 65.2 Å². The number of fused-ring (bicyclic) bond motifs is 2. The number of pyridine rings is 1. The number of anilines is 2. The zero-order valence-corrected chi connectivity index (χ0v) is 29.2. The molecule has 5 aromatic rings. The van der Waals surface area contributed by atoms with E-state index in [4.69, 9.17) is 14.6 Å². The lowest BCUT2D eigenvalue weighted by Gasteiger charge is -2.33. The summed E-state index contributed by atoms with van der Waals surface area (Å²) in [6.07, 6.45) is 6.79. The van der Waals surface area contributed by atoms with Crippen molar-refractivity contribution in [3.63, 3.8) is 0 Å². The number of nitrogens with zero attached hydrogens (tertiary/aromatic N) is 6. The van der Waals surface area contributed by atoms with Gasteiger partial charge in [-0.3, -0.25) is 9.72 Å². The summed E-state index contributed by atoms with van der Waals surface area (Å²) in [4.78, 5) is 16.0. The Morgan fingerprint density at radius 3 is 2.60 bits per heavy atom. The molecule has 12 heteroatoms. The van der Waals surface area contributed by atoms with Crippen LogP contribution in [0.5, 0.6) is 11.5 Å². The maximum absolute atomic E-state index is 13.6. The van der Waals surface area contributed by atoms with Crippen LogP contribution in [0.2, 0.25) is 0 Å². The highest BCUT2D eigenvalue weighted by atomic mass is 16.5. The van der Waals surface area contributed by atoms with E-state index in [9.17, 15) is 9.90 Å². The van der Waals surface area contributed by atoms with Crippen LogP contribution in [0.25, 0.3) is 11.3 Å². The summed E-state index contributed by atoms with van der Waals surface area (Å²) in [5.41, 5.74) is 4.20. The fraction of sp³-hybridized carbons (Fsp3) is 0.421. The summed E-state index contributed by atoms with van der Waals surface area (Å²) >= 11 is 0. The molecule has 50 heavy (non-hydrogen) atoms. The van der Waals surface area contributed by atoms with Gasteiger partial charge in [0, 0.05) is 30.1 Å². The van der Waals surface area contributed by atoms with E-state index < -0.39 is 0 Å². The number of rotatable bonds is 9. The van der Waals surface area contributed by atoms with E-state index in [1.54, 1.807) is 4.68 Å². The average molecular weight is 679 g/mol. The molecule has 7 rings (SSSR count). The molecule has 0 unspecified atom stereocenters. The Bertz CT molecular complexity index is 1960. The number of nitrogens with one attached hydrogen (secondary N) is 2. The second kappa shape index (κ2) is 14.0. The van der Waals surface area contributed by atoms with Gasteiger partial charge >= 0.3 is 6.03 Å². The number of carbonyl (C=O) groups excluding carboxylic acids is 1. The Hall–Kier alpha value is -5.10. The van der Waals surface area contributed by atoms with Gasteiger partial charge in [0.25, 0.3) is 0 Å². The number of amides is 2. The fourth-order valence-corrected chi connectivity index (χ4v) is 6.92. The molecule has 0 saturated carbocycles. The molecule has 0 radical (unpaired) electrons. The number of piperidine rings is 1. The van der Waals surface area contributed by atoms with Crippen LogP contribution in [0.4, 0.5) is 16.6 Å². The number of aliphatic hydroxyl groups excluding tert-OH is 1. The van der Waals surface area contributed by atoms with Gasteiger partial charge in [0.05, 0.1) is 30.2 Å². The van der Waals surface area contributed by atoms with Gasteiger partial charge in [0.2, 0.25) is 5.95 Å². The lowest BCUT2D eigenvalue weighted by atomic mass is 9.85. The minimum absolute atomic E-state index is 0.0810. The second-order valence-corrected chi connectivity index (χ2v) is 14.2. The first-order valence-electron chi connectivity index (χ1n) is 17.6. The standard InChI is InChI=1S/C38H46N8O4/c1-25-10-7-8-19-44(25)37-42-41-34-18-15-28(24-45(34)37)50-32-17-16-31(29-13-5-6-14-30(29)32)39-36(48)40-35-23-33(38(2,3)4)43-46(35)26-11-9-12-27(22-26)49-21-20-47/h5-6,9,11-15,18,22-25,31-32,47H,7-8,10,16-17,19-21H2,1-4H3,(H2,39,40,48)/t25-,31+,32-/m1/s1. The molecule has 2 aliphatic rings. The highest BCUT2D eigenvalue weighted by Crippen LogP contribution is 2.39. The Labute approximate surface area is 292 Å². The second-order valence-electron chi connectivity index (χ2n) is 14.2. The molecule has 2 aromatic carbocycles. The van der Waals surface area contributed by atoms with Gasteiger partial charge in [-0.2, -0.15) is 5.10 Å². The summed E-state index contributed by atoms with van der Waals surface area (Å²) in [5, 5.41) is 29.3. The van der Waals surface area contributed by atoms with Crippen LogP contribution < -0.4 is 25.0 Å². The van der Waals surface area contributed by atoms with Crippen molar-refractivity contribution in [3.05, 3.63) is 89.7 Å². The Morgan fingerprint density at radius 1 is 0.960 bits per heavy atom. The molecule has 1 aliphatic carbocycles. The van der Waals surface area contributed by atoms with E-state index in [1.165, 1.54) is 6.42 Å². The van der Waals surface area contributed by atoms with Gasteiger partial charge in [0.1, 0.15) is 30.0 Å². The van der Waals surface area contributed by atoms with Crippen LogP contribution in [0.3, 0.4) is 0 Å². The lowest BCUT2D eigenvalue weighted by molar-refractivity contribution is 0.171. The SMILES string of the molecule is C[C@@H]1CCCCN1c1nnc2ccc(O[C@@H]3CC[C@H](NC(=O)Nc4cc(C(C)(C)C)nn4-c4cccc(OCCO)c4)c4ccccc43)cn12. The van der Waals surface area contributed by atoms with Gasteiger partial charge in [-0.05, 0) is 74.4 Å². The van der Waals surface area contributed by atoms with Crippen LogP contribution in [0.1, 0.15) is 88.8 Å². The number of urea groups is 1. The largest absolute Gasteiger partial charge is 0.491 e. The molecule has 4 heterocycles. The maximum atomic E-state index is 13.6. The van der Waals surface area contributed by atoms with Crippen molar-refractivity contribution in [2.75, 3.05) is 30.0 Å². The molecule has 3 aromatic heterocycles. The summed E-state index contributed by atoms with van der Waals surface area (Å²) in [6, 6.07) is 21.3. The number of ether oxygens (including phenoxy) is 2. The summed E-state index contributed by atoms with van der Waals surface area (Å²) < 4.78 is 16.0. The van der Waals surface area contributed by atoms with Crippen molar-refractivity contribution < 1.29 is 19.4 Å². The summed E-state index contributed by atoms with van der Waals surface area (Å²) in [7, 11) is 0. The van der Waals surface area contributed by atoms with E-state index in [-0.39, 0.29) is 36.8 Å². The zero-order chi connectivity index (χ0) is 34.8. The van der Waals surface area contributed by atoms with Crippen molar-refractivity contribution >= 4 is 23.4 Å². The predicted molar refractivity (Wildman–Crippen MR) is 192 cm³/mol. The van der Waals surface area contributed by atoms with Crippen molar-refractivity contribution in [1.29, 1.82) is 0 Å². The van der Waals surface area contributed by atoms with Gasteiger partial charge in [0.15, 0.2) is 5.65 Å². The number of aromatic nitrogens is 5. The third-order valence-electron chi connectivity index (χ3n) is 9.58. The van der Waals surface area contributed by atoms with E-state index in [2.05, 4.69) is 65.6 Å². The normalized spacial score (nSPS) is 19.2. The number of hydrogen-bond donors (Lipinski definition) is 3. The van der Waals surface area contributed by atoms with Crippen LogP contribution in [-0.4, -0.2) is 61.3 Å².